The van der Waals surface area contributed by atoms with E-state index in [1.807, 2.05) is 6.92 Å². The number of aliphatic hydroxyl groups excluding tert-OH is 1. The SMILES string of the molecule is CCC(O)CC(=N)N. The summed E-state index contributed by atoms with van der Waals surface area (Å²) in [5.41, 5.74) is 4.99. The van der Waals surface area contributed by atoms with Gasteiger partial charge in [-0.25, -0.2) is 0 Å². The van der Waals surface area contributed by atoms with Crippen molar-refractivity contribution in [2.24, 2.45) is 5.73 Å². The molecule has 0 saturated carbocycles. The van der Waals surface area contributed by atoms with Crippen molar-refractivity contribution in [1.82, 2.24) is 0 Å². The number of rotatable bonds is 3. The first-order valence-electron chi connectivity index (χ1n) is 2.67. The maximum Gasteiger partial charge on any atom is 0.0931 e. The minimum Gasteiger partial charge on any atom is -0.393 e. The van der Waals surface area contributed by atoms with Crippen LogP contribution in [0.25, 0.3) is 0 Å². The molecule has 0 amide bonds. The van der Waals surface area contributed by atoms with Gasteiger partial charge in [0, 0.05) is 6.42 Å². The molecule has 1 unspecified atom stereocenters. The van der Waals surface area contributed by atoms with Crippen LogP contribution < -0.4 is 5.73 Å². The Kier molecular flexibility index (Phi) is 3.19. The molecule has 0 spiro atoms. The molecule has 0 aromatic heterocycles. The number of hydrogen-bond acceptors (Lipinski definition) is 2. The molecule has 0 aromatic rings. The number of hydrogen-bond donors (Lipinski definition) is 3. The normalized spacial score (nSPS) is 13.2. The summed E-state index contributed by atoms with van der Waals surface area (Å²) in [7, 11) is 0. The van der Waals surface area contributed by atoms with Gasteiger partial charge in [0.15, 0.2) is 0 Å². The third-order valence-corrected chi connectivity index (χ3v) is 0.927. The zero-order valence-corrected chi connectivity index (χ0v) is 5.02. The smallest absolute Gasteiger partial charge is 0.0931 e. The maximum absolute atomic E-state index is 8.81. The van der Waals surface area contributed by atoms with Gasteiger partial charge in [0.05, 0.1) is 11.9 Å². The van der Waals surface area contributed by atoms with Crippen LogP contribution in [0.2, 0.25) is 0 Å². The quantitative estimate of drug-likeness (QED) is 0.361. The Morgan fingerprint density at radius 2 is 2.38 bits per heavy atom. The zero-order valence-electron chi connectivity index (χ0n) is 5.02. The fraction of sp³-hybridized carbons (Fsp3) is 0.800. The summed E-state index contributed by atoms with van der Waals surface area (Å²) in [6.07, 6.45) is 0.545. The molecular weight excluding hydrogens is 104 g/mol. The van der Waals surface area contributed by atoms with Gasteiger partial charge in [0.25, 0.3) is 0 Å². The molecule has 0 rings (SSSR count). The van der Waals surface area contributed by atoms with Crippen molar-refractivity contribution in [1.29, 1.82) is 5.41 Å². The predicted molar refractivity (Wildman–Crippen MR) is 32.8 cm³/mol. The molecule has 48 valence electrons. The lowest BCUT2D eigenvalue weighted by atomic mass is 10.2. The highest BCUT2D eigenvalue weighted by Crippen LogP contribution is 1.93. The van der Waals surface area contributed by atoms with Crippen molar-refractivity contribution < 1.29 is 5.11 Å². The van der Waals surface area contributed by atoms with Gasteiger partial charge in [-0.05, 0) is 6.42 Å². The molecule has 0 aliphatic heterocycles. The van der Waals surface area contributed by atoms with Gasteiger partial charge >= 0.3 is 0 Å². The zero-order chi connectivity index (χ0) is 6.57. The first kappa shape index (κ1) is 7.43. The molecule has 8 heavy (non-hydrogen) atoms. The van der Waals surface area contributed by atoms with Crippen molar-refractivity contribution in [2.45, 2.75) is 25.9 Å². The Balaban J connectivity index is 3.24. The van der Waals surface area contributed by atoms with Gasteiger partial charge in [-0.3, -0.25) is 5.41 Å². The van der Waals surface area contributed by atoms with Crippen LogP contribution in [-0.4, -0.2) is 17.0 Å². The van der Waals surface area contributed by atoms with Gasteiger partial charge in [0.2, 0.25) is 0 Å². The summed E-state index contributed by atoms with van der Waals surface area (Å²) >= 11 is 0. The average molecular weight is 116 g/mol. The molecule has 0 saturated heterocycles. The van der Waals surface area contributed by atoms with Crippen LogP contribution in [0.3, 0.4) is 0 Å². The molecule has 0 heterocycles. The molecule has 3 heteroatoms. The molecule has 1 atom stereocenters. The van der Waals surface area contributed by atoms with Crippen molar-refractivity contribution >= 4 is 5.84 Å². The fourth-order valence-electron chi connectivity index (χ4n) is 0.398. The van der Waals surface area contributed by atoms with Gasteiger partial charge in [0.1, 0.15) is 0 Å². The van der Waals surface area contributed by atoms with Crippen LogP contribution in [0.5, 0.6) is 0 Å². The molecule has 3 nitrogen and oxygen atoms in total. The molecule has 4 N–H and O–H groups in total. The number of nitrogens with two attached hydrogens (primary N) is 1. The Bertz CT molecular complexity index is 82.5. The van der Waals surface area contributed by atoms with Crippen LogP contribution in [0.1, 0.15) is 19.8 Å². The van der Waals surface area contributed by atoms with Gasteiger partial charge in [-0.2, -0.15) is 0 Å². The minimum absolute atomic E-state index is 0.0550. The van der Waals surface area contributed by atoms with E-state index in [9.17, 15) is 0 Å². The lowest BCUT2D eigenvalue weighted by Gasteiger charge is -2.03. The van der Waals surface area contributed by atoms with E-state index in [0.29, 0.717) is 12.8 Å². The van der Waals surface area contributed by atoms with E-state index in [4.69, 9.17) is 16.2 Å². The second kappa shape index (κ2) is 3.43. The summed E-state index contributed by atoms with van der Waals surface area (Å²) in [6, 6.07) is 0. The van der Waals surface area contributed by atoms with E-state index in [-0.39, 0.29) is 5.84 Å². The standard InChI is InChI=1S/C5H12N2O/c1-2-4(8)3-5(6)7/h4,8H,2-3H2,1H3,(H3,6,7). The summed E-state index contributed by atoms with van der Waals surface area (Å²) in [6.45, 7) is 1.85. The third kappa shape index (κ3) is 3.61. The van der Waals surface area contributed by atoms with Crippen LogP contribution in [0, 0.1) is 5.41 Å². The van der Waals surface area contributed by atoms with Gasteiger partial charge in [-0.1, -0.05) is 6.92 Å². The van der Waals surface area contributed by atoms with Crippen molar-refractivity contribution in [3.63, 3.8) is 0 Å². The van der Waals surface area contributed by atoms with E-state index in [1.165, 1.54) is 0 Å². The average Bonchev–Trinajstić information content (AvgIpc) is 1.65. The summed E-state index contributed by atoms with van der Waals surface area (Å²) in [4.78, 5) is 0. The van der Waals surface area contributed by atoms with E-state index >= 15 is 0 Å². The monoisotopic (exact) mass is 116 g/mol. The molecule has 0 fully saturated rings. The van der Waals surface area contributed by atoms with Crippen molar-refractivity contribution in [3.8, 4) is 0 Å². The van der Waals surface area contributed by atoms with Crippen LogP contribution in [0.15, 0.2) is 0 Å². The number of amidine groups is 1. The van der Waals surface area contributed by atoms with Gasteiger partial charge in [-0.15, -0.1) is 0 Å². The van der Waals surface area contributed by atoms with Crippen LogP contribution >= 0.6 is 0 Å². The van der Waals surface area contributed by atoms with E-state index in [2.05, 4.69) is 0 Å². The highest BCUT2D eigenvalue weighted by Gasteiger charge is 1.99. The highest BCUT2D eigenvalue weighted by molar-refractivity contribution is 5.77. The first-order valence-corrected chi connectivity index (χ1v) is 2.67. The maximum atomic E-state index is 8.81. The second-order valence-electron chi connectivity index (χ2n) is 1.79. The van der Waals surface area contributed by atoms with Crippen molar-refractivity contribution in [3.05, 3.63) is 0 Å². The molecule has 0 bridgehead atoms. The number of nitrogens with one attached hydrogen (secondary N) is 1. The fourth-order valence-corrected chi connectivity index (χ4v) is 0.398. The Hall–Kier alpha value is -0.570. The topological polar surface area (TPSA) is 70.1 Å². The highest BCUT2D eigenvalue weighted by atomic mass is 16.3. The Morgan fingerprint density at radius 1 is 1.88 bits per heavy atom. The minimum atomic E-state index is -0.424. The first-order chi connectivity index (χ1) is 3.66. The summed E-state index contributed by atoms with van der Waals surface area (Å²) in [5, 5.41) is 15.6. The largest absolute Gasteiger partial charge is 0.393 e. The van der Waals surface area contributed by atoms with E-state index in [1.54, 1.807) is 0 Å². The summed E-state index contributed by atoms with van der Waals surface area (Å²) in [5.74, 6) is 0.0550. The van der Waals surface area contributed by atoms with Crippen LogP contribution in [0.4, 0.5) is 0 Å². The second-order valence-corrected chi connectivity index (χ2v) is 1.79. The van der Waals surface area contributed by atoms with E-state index < -0.39 is 6.10 Å². The van der Waals surface area contributed by atoms with E-state index in [0.717, 1.165) is 0 Å². The number of aliphatic hydroxyl groups is 1. The lowest BCUT2D eigenvalue weighted by Crippen LogP contribution is -2.18. The third-order valence-electron chi connectivity index (χ3n) is 0.927. The van der Waals surface area contributed by atoms with Gasteiger partial charge < -0.3 is 10.8 Å². The lowest BCUT2D eigenvalue weighted by molar-refractivity contribution is 0.178. The van der Waals surface area contributed by atoms with Crippen LogP contribution in [-0.2, 0) is 0 Å². The molecular formula is C5H12N2O. The Morgan fingerprint density at radius 3 is 2.50 bits per heavy atom. The molecule has 0 aliphatic carbocycles. The predicted octanol–water partition coefficient (Wildman–Crippen LogP) is 0.0834. The molecule has 0 aliphatic rings. The van der Waals surface area contributed by atoms with Crippen molar-refractivity contribution in [2.75, 3.05) is 0 Å². The molecule has 0 aromatic carbocycles. The Labute approximate surface area is 49.0 Å². The molecule has 0 radical (unpaired) electrons. The summed E-state index contributed by atoms with van der Waals surface area (Å²) < 4.78 is 0.